The SMILES string of the molecule is CN(C)C[C@H](NC(=O)N[C@@H]1C[C@H]2CC[C@H]1O2)c1ccc(Cl)cc1. The van der Waals surface area contributed by atoms with E-state index in [2.05, 4.69) is 15.5 Å². The Bertz CT molecular complexity index is 549. The molecule has 0 unspecified atom stereocenters. The normalized spacial score (nSPS) is 27.2. The summed E-state index contributed by atoms with van der Waals surface area (Å²) in [6.45, 7) is 0.724. The maximum atomic E-state index is 12.4. The maximum Gasteiger partial charge on any atom is 0.315 e. The van der Waals surface area contributed by atoms with Crippen LogP contribution in [0.2, 0.25) is 5.02 Å². The van der Waals surface area contributed by atoms with E-state index in [1.807, 2.05) is 38.4 Å². The van der Waals surface area contributed by atoms with Crippen LogP contribution in [-0.4, -0.2) is 49.8 Å². The summed E-state index contributed by atoms with van der Waals surface area (Å²) in [5.41, 5.74) is 1.04. The van der Waals surface area contributed by atoms with E-state index in [1.54, 1.807) is 0 Å². The zero-order valence-corrected chi connectivity index (χ0v) is 14.3. The average Bonchev–Trinajstić information content (AvgIpc) is 3.09. The van der Waals surface area contributed by atoms with Crippen molar-refractivity contribution in [2.75, 3.05) is 20.6 Å². The first-order chi connectivity index (χ1) is 11.0. The molecule has 2 fully saturated rings. The van der Waals surface area contributed by atoms with Gasteiger partial charge in [-0.1, -0.05) is 23.7 Å². The second kappa shape index (κ2) is 7.07. The molecule has 2 aliphatic heterocycles. The maximum absolute atomic E-state index is 12.4. The molecule has 2 bridgehead atoms. The summed E-state index contributed by atoms with van der Waals surface area (Å²) in [4.78, 5) is 14.4. The van der Waals surface area contributed by atoms with Crippen LogP contribution in [0.4, 0.5) is 4.79 Å². The minimum absolute atomic E-state index is 0.0817. The first kappa shape index (κ1) is 16.6. The second-order valence-electron chi connectivity index (χ2n) is 6.70. The van der Waals surface area contributed by atoms with E-state index in [0.717, 1.165) is 31.4 Å². The van der Waals surface area contributed by atoms with E-state index in [9.17, 15) is 4.79 Å². The van der Waals surface area contributed by atoms with Gasteiger partial charge in [-0.15, -0.1) is 0 Å². The number of ether oxygens (including phenoxy) is 1. The molecule has 0 spiro atoms. The molecule has 0 aromatic heterocycles. The molecule has 126 valence electrons. The number of hydrogen-bond donors (Lipinski definition) is 2. The van der Waals surface area contributed by atoms with Gasteiger partial charge in [0.1, 0.15) is 0 Å². The number of benzene rings is 1. The fourth-order valence-electron chi connectivity index (χ4n) is 3.45. The number of carbonyl (C=O) groups excluding carboxylic acids is 1. The summed E-state index contributed by atoms with van der Waals surface area (Å²) in [6, 6.07) is 7.54. The molecular weight excluding hydrogens is 314 g/mol. The largest absolute Gasteiger partial charge is 0.373 e. The zero-order valence-electron chi connectivity index (χ0n) is 13.6. The van der Waals surface area contributed by atoms with E-state index >= 15 is 0 Å². The lowest BCUT2D eigenvalue weighted by Gasteiger charge is -2.25. The summed E-state index contributed by atoms with van der Waals surface area (Å²) in [5, 5.41) is 6.85. The van der Waals surface area contributed by atoms with Crippen molar-refractivity contribution in [2.45, 2.75) is 43.6 Å². The van der Waals surface area contributed by atoms with E-state index in [-0.39, 0.29) is 24.2 Å². The van der Waals surface area contributed by atoms with Gasteiger partial charge in [-0.2, -0.15) is 0 Å². The highest BCUT2D eigenvalue weighted by Gasteiger charge is 2.41. The average molecular weight is 338 g/mol. The van der Waals surface area contributed by atoms with Crippen molar-refractivity contribution >= 4 is 17.6 Å². The number of halogens is 1. The molecule has 6 heteroatoms. The van der Waals surface area contributed by atoms with Crippen molar-refractivity contribution in [2.24, 2.45) is 0 Å². The molecule has 2 heterocycles. The van der Waals surface area contributed by atoms with Crippen molar-refractivity contribution in [3.63, 3.8) is 0 Å². The van der Waals surface area contributed by atoms with Gasteiger partial charge >= 0.3 is 6.03 Å². The molecule has 4 atom stereocenters. The van der Waals surface area contributed by atoms with Crippen molar-refractivity contribution in [1.82, 2.24) is 15.5 Å². The van der Waals surface area contributed by atoms with Crippen LogP contribution in [0.3, 0.4) is 0 Å². The minimum atomic E-state index is -0.132. The highest BCUT2D eigenvalue weighted by molar-refractivity contribution is 6.30. The first-order valence-corrected chi connectivity index (χ1v) is 8.52. The molecular formula is C17H24ClN3O2. The van der Waals surface area contributed by atoms with Crippen LogP contribution in [0.5, 0.6) is 0 Å². The Hall–Kier alpha value is -1.30. The summed E-state index contributed by atoms with van der Waals surface area (Å²) in [7, 11) is 3.98. The quantitative estimate of drug-likeness (QED) is 0.868. The Morgan fingerprint density at radius 2 is 2.09 bits per heavy atom. The van der Waals surface area contributed by atoms with Crippen LogP contribution in [0.15, 0.2) is 24.3 Å². The number of nitrogens with zero attached hydrogens (tertiary/aromatic N) is 1. The van der Waals surface area contributed by atoms with Gasteiger partial charge in [0, 0.05) is 11.6 Å². The summed E-state index contributed by atoms with van der Waals surface area (Å²) >= 11 is 5.95. The molecule has 3 rings (SSSR count). The van der Waals surface area contributed by atoms with Gasteiger partial charge in [0.15, 0.2) is 0 Å². The molecule has 2 amide bonds. The number of hydrogen-bond acceptors (Lipinski definition) is 3. The Labute approximate surface area is 142 Å². The predicted molar refractivity (Wildman–Crippen MR) is 90.7 cm³/mol. The van der Waals surface area contributed by atoms with Crippen molar-refractivity contribution in [3.8, 4) is 0 Å². The lowest BCUT2D eigenvalue weighted by atomic mass is 9.96. The Morgan fingerprint density at radius 3 is 2.65 bits per heavy atom. The smallest absolute Gasteiger partial charge is 0.315 e. The van der Waals surface area contributed by atoms with Gasteiger partial charge in [-0.25, -0.2) is 4.79 Å². The first-order valence-electron chi connectivity index (χ1n) is 8.14. The van der Waals surface area contributed by atoms with Gasteiger partial charge in [0.25, 0.3) is 0 Å². The fourth-order valence-corrected chi connectivity index (χ4v) is 3.58. The highest BCUT2D eigenvalue weighted by Crippen LogP contribution is 2.34. The summed E-state index contributed by atoms with van der Waals surface area (Å²) in [6.07, 6.45) is 3.62. The Kier molecular flexibility index (Phi) is 5.09. The second-order valence-corrected chi connectivity index (χ2v) is 7.14. The van der Waals surface area contributed by atoms with E-state index in [0.29, 0.717) is 11.1 Å². The molecule has 2 N–H and O–H groups in total. The number of likely N-dealkylation sites (N-methyl/N-ethyl adjacent to an activating group) is 1. The number of carbonyl (C=O) groups is 1. The molecule has 1 aromatic carbocycles. The minimum Gasteiger partial charge on any atom is -0.373 e. The van der Waals surface area contributed by atoms with Gasteiger partial charge in [-0.05, 0) is 51.1 Å². The molecule has 1 aromatic rings. The van der Waals surface area contributed by atoms with Gasteiger partial charge in [0.2, 0.25) is 0 Å². The van der Waals surface area contributed by atoms with Gasteiger partial charge in [0.05, 0.1) is 24.3 Å². The Morgan fingerprint density at radius 1 is 1.35 bits per heavy atom. The van der Waals surface area contributed by atoms with E-state index < -0.39 is 0 Å². The molecule has 0 aliphatic carbocycles. The fraction of sp³-hybridized carbons (Fsp3) is 0.588. The standard InChI is InChI=1S/C17H24ClN3O2/c1-21(2)10-15(11-3-5-12(18)6-4-11)20-17(22)19-14-9-13-7-8-16(14)23-13/h3-6,13-16H,7-10H2,1-2H3,(H2,19,20,22)/t13-,14-,15+,16-/m1/s1. The van der Waals surface area contributed by atoms with Crippen LogP contribution in [0.1, 0.15) is 30.9 Å². The van der Waals surface area contributed by atoms with Crippen molar-refractivity contribution in [1.29, 1.82) is 0 Å². The van der Waals surface area contributed by atoms with Crippen LogP contribution < -0.4 is 10.6 Å². The third-order valence-electron chi connectivity index (χ3n) is 4.55. The van der Waals surface area contributed by atoms with Crippen molar-refractivity contribution < 1.29 is 9.53 Å². The number of rotatable bonds is 5. The van der Waals surface area contributed by atoms with Crippen molar-refractivity contribution in [3.05, 3.63) is 34.9 Å². The van der Waals surface area contributed by atoms with Crippen LogP contribution >= 0.6 is 11.6 Å². The predicted octanol–water partition coefficient (Wildman–Crippen LogP) is 2.56. The molecule has 0 radical (unpaired) electrons. The van der Waals surface area contributed by atoms with Crippen LogP contribution in [-0.2, 0) is 4.74 Å². The summed E-state index contributed by atoms with van der Waals surface area (Å²) < 4.78 is 5.79. The van der Waals surface area contributed by atoms with Crippen LogP contribution in [0, 0.1) is 0 Å². The zero-order chi connectivity index (χ0) is 16.4. The summed E-state index contributed by atoms with van der Waals surface area (Å²) in [5.74, 6) is 0. The number of urea groups is 1. The lowest BCUT2D eigenvalue weighted by Crippen LogP contribution is -2.48. The Balaban J connectivity index is 1.61. The van der Waals surface area contributed by atoms with Gasteiger partial charge in [-0.3, -0.25) is 0 Å². The van der Waals surface area contributed by atoms with E-state index in [1.165, 1.54) is 0 Å². The van der Waals surface area contributed by atoms with Crippen LogP contribution in [0.25, 0.3) is 0 Å². The third kappa shape index (κ3) is 4.16. The topological polar surface area (TPSA) is 53.6 Å². The van der Waals surface area contributed by atoms with E-state index in [4.69, 9.17) is 16.3 Å². The third-order valence-corrected chi connectivity index (χ3v) is 4.80. The highest BCUT2D eigenvalue weighted by atomic mass is 35.5. The molecule has 0 saturated carbocycles. The molecule has 5 nitrogen and oxygen atoms in total. The molecule has 23 heavy (non-hydrogen) atoms. The van der Waals surface area contributed by atoms with Gasteiger partial charge < -0.3 is 20.3 Å². The number of nitrogens with one attached hydrogen (secondary N) is 2. The number of amides is 2. The molecule has 2 aliphatic rings. The lowest BCUT2D eigenvalue weighted by molar-refractivity contribution is 0.0980. The monoisotopic (exact) mass is 337 g/mol. The number of fused-ring (bicyclic) bond motifs is 2. The molecule has 2 saturated heterocycles.